The molecular weight excluding hydrogens is 377 g/mol. The standard InChI is InChI=1S/C17H17Cl2N5O2/c1-10-3-4-12(5-13(10)18)24-17(26)16(19)14(7-22-24)20-8-15(25)11-6-21-23(2)9-11/h3-7,9,15,20,25H,8H2,1-2H3. The molecule has 1 unspecified atom stereocenters. The zero-order valence-electron chi connectivity index (χ0n) is 14.1. The first-order valence-electron chi connectivity index (χ1n) is 7.81. The predicted molar refractivity (Wildman–Crippen MR) is 101 cm³/mol. The number of nitrogens with one attached hydrogen (secondary N) is 1. The second-order valence-corrected chi connectivity index (χ2v) is 6.65. The van der Waals surface area contributed by atoms with Gasteiger partial charge in [-0.2, -0.15) is 14.9 Å². The lowest BCUT2D eigenvalue weighted by molar-refractivity contribution is 0.191. The van der Waals surface area contributed by atoms with E-state index < -0.39 is 11.7 Å². The first-order valence-corrected chi connectivity index (χ1v) is 8.57. The third-order valence-corrected chi connectivity index (χ3v) is 4.69. The van der Waals surface area contributed by atoms with E-state index in [4.69, 9.17) is 23.2 Å². The van der Waals surface area contributed by atoms with E-state index in [9.17, 15) is 9.90 Å². The lowest BCUT2D eigenvalue weighted by Crippen LogP contribution is -2.23. The molecule has 0 aliphatic carbocycles. The van der Waals surface area contributed by atoms with E-state index in [0.29, 0.717) is 22.0 Å². The molecule has 0 saturated heterocycles. The molecule has 0 aliphatic rings. The van der Waals surface area contributed by atoms with Crippen molar-refractivity contribution >= 4 is 28.9 Å². The molecule has 1 atom stereocenters. The van der Waals surface area contributed by atoms with Crippen LogP contribution in [-0.4, -0.2) is 31.2 Å². The number of rotatable bonds is 5. The second kappa shape index (κ2) is 7.49. The maximum atomic E-state index is 12.5. The fourth-order valence-electron chi connectivity index (χ4n) is 2.39. The maximum Gasteiger partial charge on any atom is 0.292 e. The zero-order valence-corrected chi connectivity index (χ0v) is 15.7. The lowest BCUT2D eigenvalue weighted by atomic mass is 10.2. The van der Waals surface area contributed by atoms with Crippen molar-refractivity contribution in [3.8, 4) is 5.69 Å². The molecule has 26 heavy (non-hydrogen) atoms. The van der Waals surface area contributed by atoms with Gasteiger partial charge in [0, 0.05) is 30.4 Å². The number of aromatic nitrogens is 4. The van der Waals surface area contributed by atoms with Crippen LogP contribution in [-0.2, 0) is 7.05 Å². The van der Waals surface area contributed by atoms with E-state index in [1.54, 1.807) is 42.3 Å². The summed E-state index contributed by atoms with van der Waals surface area (Å²) in [5.74, 6) is 0. The molecule has 2 heterocycles. The van der Waals surface area contributed by atoms with Gasteiger partial charge in [-0.3, -0.25) is 9.48 Å². The normalized spacial score (nSPS) is 12.2. The molecule has 9 heteroatoms. The van der Waals surface area contributed by atoms with Crippen molar-refractivity contribution in [3.05, 3.63) is 68.3 Å². The Hall–Kier alpha value is -2.35. The van der Waals surface area contributed by atoms with Gasteiger partial charge in [0.25, 0.3) is 5.56 Å². The molecule has 0 amide bonds. The van der Waals surface area contributed by atoms with Crippen molar-refractivity contribution in [1.82, 2.24) is 19.6 Å². The minimum atomic E-state index is -0.793. The molecule has 0 bridgehead atoms. The minimum Gasteiger partial charge on any atom is -0.386 e. The summed E-state index contributed by atoms with van der Waals surface area (Å²) in [6, 6.07) is 5.20. The molecule has 3 rings (SSSR count). The van der Waals surface area contributed by atoms with Crippen molar-refractivity contribution in [2.45, 2.75) is 13.0 Å². The highest BCUT2D eigenvalue weighted by Gasteiger charge is 2.14. The number of aliphatic hydroxyl groups is 1. The molecule has 2 N–H and O–H groups in total. The van der Waals surface area contributed by atoms with Crippen LogP contribution < -0.4 is 10.9 Å². The van der Waals surface area contributed by atoms with E-state index >= 15 is 0 Å². The average molecular weight is 394 g/mol. The molecule has 2 aromatic heterocycles. The molecular formula is C17H17Cl2N5O2. The summed E-state index contributed by atoms with van der Waals surface area (Å²) in [7, 11) is 1.77. The molecule has 0 saturated carbocycles. The molecule has 0 aliphatic heterocycles. The van der Waals surface area contributed by atoms with Crippen LogP contribution in [0, 0.1) is 6.92 Å². The fourth-order valence-corrected chi connectivity index (χ4v) is 2.76. The van der Waals surface area contributed by atoms with Crippen molar-refractivity contribution in [2.75, 3.05) is 11.9 Å². The number of nitrogens with zero attached hydrogens (tertiary/aromatic N) is 4. The van der Waals surface area contributed by atoms with Gasteiger partial charge in [-0.05, 0) is 24.6 Å². The van der Waals surface area contributed by atoms with Crippen LogP contribution in [0.4, 0.5) is 5.69 Å². The third-order valence-electron chi connectivity index (χ3n) is 3.91. The highest BCUT2D eigenvalue weighted by molar-refractivity contribution is 6.33. The summed E-state index contributed by atoms with van der Waals surface area (Å²) in [4.78, 5) is 12.5. The SMILES string of the molecule is Cc1ccc(-n2ncc(NCC(O)c3cnn(C)c3)c(Cl)c2=O)cc1Cl. The van der Waals surface area contributed by atoms with Gasteiger partial charge in [0.1, 0.15) is 5.02 Å². The summed E-state index contributed by atoms with van der Waals surface area (Å²) < 4.78 is 2.78. The van der Waals surface area contributed by atoms with Crippen LogP contribution in [0.25, 0.3) is 5.69 Å². The minimum absolute atomic E-state index is 0.0184. The summed E-state index contributed by atoms with van der Waals surface area (Å²) in [5.41, 5.74) is 1.94. The van der Waals surface area contributed by atoms with Crippen molar-refractivity contribution in [3.63, 3.8) is 0 Å². The Kier molecular flexibility index (Phi) is 5.31. The largest absolute Gasteiger partial charge is 0.386 e. The molecule has 0 fully saturated rings. The Balaban J connectivity index is 1.81. The molecule has 136 valence electrons. The lowest BCUT2D eigenvalue weighted by Gasteiger charge is -2.13. The Labute approximate surface area is 159 Å². The van der Waals surface area contributed by atoms with Crippen LogP contribution in [0.1, 0.15) is 17.2 Å². The summed E-state index contributed by atoms with van der Waals surface area (Å²) in [5, 5.41) is 21.8. The van der Waals surface area contributed by atoms with Crippen LogP contribution in [0.5, 0.6) is 0 Å². The first-order chi connectivity index (χ1) is 12.4. The van der Waals surface area contributed by atoms with Crippen molar-refractivity contribution in [2.24, 2.45) is 7.05 Å². The smallest absolute Gasteiger partial charge is 0.292 e. The highest BCUT2D eigenvalue weighted by atomic mass is 35.5. The molecule has 7 nitrogen and oxygen atoms in total. The third kappa shape index (κ3) is 3.75. The van der Waals surface area contributed by atoms with Crippen LogP contribution in [0.3, 0.4) is 0 Å². The number of benzene rings is 1. The van der Waals surface area contributed by atoms with Gasteiger partial charge < -0.3 is 10.4 Å². The van der Waals surface area contributed by atoms with E-state index in [1.165, 1.54) is 10.9 Å². The van der Waals surface area contributed by atoms with Gasteiger partial charge in [0.15, 0.2) is 0 Å². The van der Waals surface area contributed by atoms with Crippen LogP contribution in [0.15, 0.2) is 41.6 Å². The molecule has 0 radical (unpaired) electrons. The quantitative estimate of drug-likeness (QED) is 0.695. The highest BCUT2D eigenvalue weighted by Crippen LogP contribution is 2.21. The summed E-state index contributed by atoms with van der Waals surface area (Å²) in [6.45, 7) is 2.03. The van der Waals surface area contributed by atoms with Crippen LogP contribution >= 0.6 is 23.2 Å². The number of aliphatic hydroxyl groups excluding tert-OH is 1. The van der Waals surface area contributed by atoms with Gasteiger partial charge >= 0.3 is 0 Å². The van der Waals surface area contributed by atoms with Gasteiger partial charge in [0.2, 0.25) is 0 Å². The fraction of sp³-hybridized carbons (Fsp3) is 0.235. The molecule has 1 aromatic carbocycles. The van der Waals surface area contributed by atoms with Crippen molar-refractivity contribution < 1.29 is 5.11 Å². The Morgan fingerprint density at radius 1 is 1.27 bits per heavy atom. The zero-order chi connectivity index (χ0) is 18.8. The van der Waals surface area contributed by atoms with Gasteiger partial charge in [-0.25, -0.2) is 0 Å². The number of halogens is 2. The second-order valence-electron chi connectivity index (χ2n) is 5.87. The molecule has 3 aromatic rings. The van der Waals surface area contributed by atoms with E-state index in [-0.39, 0.29) is 11.6 Å². The Bertz CT molecular complexity index is 999. The Morgan fingerprint density at radius 2 is 2.04 bits per heavy atom. The van der Waals surface area contributed by atoms with Gasteiger partial charge in [-0.15, -0.1) is 0 Å². The number of anilines is 1. The van der Waals surface area contributed by atoms with Crippen LogP contribution in [0.2, 0.25) is 10.0 Å². The number of aryl methyl sites for hydroxylation is 2. The predicted octanol–water partition coefficient (Wildman–Crippen LogP) is 2.73. The number of hydrogen-bond acceptors (Lipinski definition) is 5. The Morgan fingerprint density at radius 3 is 2.69 bits per heavy atom. The summed E-state index contributed by atoms with van der Waals surface area (Å²) >= 11 is 12.3. The van der Waals surface area contributed by atoms with Gasteiger partial charge in [0.05, 0.1) is 29.9 Å². The number of hydrogen-bond donors (Lipinski definition) is 2. The topological polar surface area (TPSA) is 85.0 Å². The average Bonchev–Trinajstić information content (AvgIpc) is 3.05. The van der Waals surface area contributed by atoms with E-state index in [0.717, 1.165) is 5.56 Å². The summed E-state index contributed by atoms with van der Waals surface area (Å²) in [6.07, 6.45) is 3.93. The van der Waals surface area contributed by atoms with Gasteiger partial charge in [-0.1, -0.05) is 29.3 Å². The van der Waals surface area contributed by atoms with Crippen molar-refractivity contribution in [1.29, 1.82) is 0 Å². The molecule has 0 spiro atoms. The van der Waals surface area contributed by atoms with E-state index in [1.807, 2.05) is 6.92 Å². The first kappa shape index (κ1) is 18.4. The monoisotopic (exact) mass is 393 g/mol. The maximum absolute atomic E-state index is 12.5. The van der Waals surface area contributed by atoms with E-state index in [2.05, 4.69) is 15.5 Å².